The minimum Gasteiger partial charge on any atom is -0.450 e. The van der Waals surface area contributed by atoms with Gasteiger partial charge in [0.05, 0.1) is 5.39 Å². The van der Waals surface area contributed by atoms with E-state index in [1.54, 1.807) is 24.3 Å². The molecule has 0 aliphatic heterocycles. The van der Waals surface area contributed by atoms with E-state index >= 15 is 0 Å². The van der Waals surface area contributed by atoms with Crippen LogP contribution in [0.2, 0.25) is 0 Å². The molecule has 1 aromatic carbocycles. The van der Waals surface area contributed by atoms with Crippen molar-refractivity contribution >= 4 is 22.8 Å². The topological polar surface area (TPSA) is 85.6 Å². The minimum absolute atomic E-state index is 0.0832. The molecule has 1 atom stereocenters. The number of amides is 1. The molecule has 23 heavy (non-hydrogen) atoms. The van der Waals surface area contributed by atoms with Crippen LogP contribution >= 0.6 is 0 Å². The van der Waals surface area contributed by atoms with Crippen molar-refractivity contribution in [1.29, 1.82) is 0 Å². The molecule has 0 saturated heterocycles. The van der Waals surface area contributed by atoms with Crippen LogP contribution in [-0.2, 0) is 9.53 Å². The van der Waals surface area contributed by atoms with Crippen LogP contribution < -0.4 is 10.7 Å². The Bertz CT molecular complexity index is 806. The van der Waals surface area contributed by atoms with Crippen LogP contribution in [0.4, 0.5) is 0 Å². The number of para-hydroxylation sites is 1. The summed E-state index contributed by atoms with van der Waals surface area (Å²) >= 11 is 0. The van der Waals surface area contributed by atoms with Crippen molar-refractivity contribution in [2.24, 2.45) is 5.92 Å². The number of carbonyl (C=O) groups is 2. The van der Waals surface area contributed by atoms with Gasteiger partial charge < -0.3 is 14.5 Å². The Balaban J connectivity index is 1.64. The summed E-state index contributed by atoms with van der Waals surface area (Å²) < 4.78 is 10.3. The smallest absolute Gasteiger partial charge is 0.374 e. The largest absolute Gasteiger partial charge is 0.450 e. The van der Waals surface area contributed by atoms with Gasteiger partial charge in [-0.1, -0.05) is 12.1 Å². The molecule has 2 aromatic rings. The third-order valence-corrected chi connectivity index (χ3v) is 3.89. The summed E-state index contributed by atoms with van der Waals surface area (Å²) in [5.41, 5.74) is -0.0237. The van der Waals surface area contributed by atoms with Crippen molar-refractivity contribution < 1.29 is 18.7 Å². The van der Waals surface area contributed by atoms with Gasteiger partial charge in [0.25, 0.3) is 5.91 Å². The lowest BCUT2D eigenvalue weighted by molar-refractivity contribution is -0.125. The van der Waals surface area contributed by atoms with Crippen molar-refractivity contribution in [1.82, 2.24) is 5.32 Å². The van der Waals surface area contributed by atoms with Crippen molar-refractivity contribution in [3.05, 3.63) is 46.3 Å². The standard InChI is InChI=1S/C17H17NO5/c1-10(11-6-7-11)18-16(20)9-22-17(21)15-8-13(19)12-4-2-3-5-14(12)23-15/h2-5,8,10-11H,6-7,9H2,1H3,(H,18,20)/t10-/m0/s1. The highest BCUT2D eigenvalue weighted by atomic mass is 16.5. The second-order valence-corrected chi connectivity index (χ2v) is 5.74. The molecule has 120 valence electrons. The Morgan fingerprint density at radius 1 is 1.35 bits per heavy atom. The van der Waals surface area contributed by atoms with Gasteiger partial charge in [0.1, 0.15) is 5.58 Å². The first kappa shape index (κ1) is 15.3. The summed E-state index contributed by atoms with van der Waals surface area (Å²) in [6.45, 7) is 1.53. The van der Waals surface area contributed by atoms with E-state index in [1.807, 2.05) is 6.92 Å². The molecule has 1 amide bonds. The fourth-order valence-corrected chi connectivity index (χ4v) is 2.42. The molecule has 1 aliphatic rings. The highest BCUT2D eigenvalue weighted by molar-refractivity contribution is 5.90. The first-order valence-corrected chi connectivity index (χ1v) is 7.54. The Hall–Kier alpha value is -2.63. The van der Waals surface area contributed by atoms with Crippen molar-refractivity contribution in [2.45, 2.75) is 25.8 Å². The number of hydrogen-bond acceptors (Lipinski definition) is 5. The molecule has 1 N–H and O–H groups in total. The van der Waals surface area contributed by atoms with E-state index in [4.69, 9.17) is 9.15 Å². The summed E-state index contributed by atoms with van der Waals surface area (Å²) in [6, 6.07) is 7.78. The zero-order chi connectivity index (χ0) is 16.4. The summed E-state index contributed by atoms with van der Waals surface area (Å²) in [7, 11) is 0. The number of rotatable bonds is 5. The number of benzene rings is 1. The van der Waals surface area contributed by atoms with Gasteiger partial charge >= 0.3 is 5.97 Å². The first-order chi connectivity index (χ1) is 11.0. The molecule has 6 nitrogen and oxygen atoms in total. The average molecular weight is 315 g/mol. The fourth-order valence-electron chi connectivity index (χ4n) is 2.42. The highest BCUT2D eigenvalue weighted by Gasteiger charge is 2.29. The maximum absolute atomic E-state index is 11.9. The van der Waals surface area contributed by atoms with Crippen molar-refractivity contribution in [2.75, 3.05) is 6.61 Å². The predicted octanol–water partition coefficient (Wildman–Crippen LogP) is 1.86. The molecular weight excluding hydrogens is 298 g/mol. The molecule has 1 heterocycles. The zero-order valence-electron chi connectivity index (χ0n) is 12.7. The Morgan fingerprint density at radius 2 is 2.09 bits per heavy atom. The lowest BCUT2D eigenvalue weighted by Gasteiger charge is -2.12. The quantitative estimate of drug-likeness (QED) is 0.851. The van der Waals surface area contributed by atoms with E-state index < -0.39 is 12.6 Å². The van der Waals surface area contributed by atoms with E-state index in [2.05, 4.69) is 5.32 Å². The van der Waals surface area contributed by atoms with Crippen LogP contribution in [0.25, 0.3) is 11.0 Å². The number of carbonyl (C=O) groups excluding carboxylic acids is 2. The normalized spacial score (nSPS) is 15.2. The van der Waals surface area contributed by atoms with E-state index in [-0.39, 0.29) is 23.1 Å². The van der Waals surface area contributed by atoms with Gasteiger partial charge in [0.2, 0.25) is 5.76 Å². The molecule has 6 heteroatoms. The Morgan fingerprint density at radius 3 is 2.83 bits per heavy atom. The maximum Gasteiger partial charge on any atom is 0.374 e. The van der Waals surface area contributed by atoms with Crippen LogP contribution in [0.5, 0.6) is 0 Å². The molecule has 0 spiro atoms. The predicted molar refractivity (Wildman–Crippen MR) is 83.1 cm³/mol. The van der Waals surface area contributed by atoms with Crippen LogP contribution in [0.3, 0.4) is 0 Å². The molecule has 0 unspecified atom stereocenters. The van der Waals surface area contributed by atoms with Gasteiger partial charge in [-0.25, -0.2) is 4.79 Å². The SMILES string of the molecule is C[C@H](NC(=O)COC(=O)c1cc(=O)c2ccccc2o1)C1CC1. The van der Waals surface area contributed by atoms with Crippen LogP contribution in [-0.4, -0.2) is 24.5 Å². The first-order valence-electron chi connectivity index (χ1n) is 7.54. The number of nitrogens with one attached hydrogen (secondary N) is 1. The molecule has 1 aliphatic carbocycles. The van der Waals surface area contributed by atoms with Crippen molar-refractivity contribution in [3.63, 3.8) is 0 Å². The zero-order valence-corrected chi connectivity index (χ0v) is 12.7. The van der Waals surface area contributed by atoms with Crippen LogP contribution in [0.1, 0.15) is 30.3 Å². The number of hydrogen-bond donors (Lipinski definition) is 1. The lowest BCUT2D eigenvalue weighted by Crippen LogP contribution is -2.37. The van der Waals surface area contributed by atoms with Crippen molar-refractivity contribution in [3.8, 4) is 0 Å². The fraction of sp³-hybridized carbons (Fsp3) is 0.353. The number of esters is 1. The maximum atomic E-state index is 11.9. The Labute approximate surface area is 132 Å². The third-order valence-electron chi connectivity index (χ3n) is 3.89. The second-order valence-electron chi connectivity index (χ2n) is 5.74. The monoisotopic (exact) mass is 315 g/mol. The van der Waals surface area contributed by atoms with Gasteiger partial charge in [-0.3, -0.25) is 9.59 Å². The van der Waals surface area contributed by atoms with Gasteiger partial charge in [-0.05, 0) is 37.8 Å². The number of fused-ring (bicyclic) bond motifs is 1. The second kappa shape index (κ2) is 6.24. The van der Waals surface area contributed by atoms with Gasteiger partial charge in [0.15, 0.2) is 12.0 Å². The van der Waals surface area contributed by atoms with Crippen LogP contribution in [0, 0.1) is 5.92 Å². The summed E-state index contributed by atoms with van der Waals surface area (Å²) in [6.07, 6.45) is 2.23. The average Bonchev–Trinajstić information content (AvgIpc) is 3.37. The van der Waals surface area contributed by atoms with E-state index in [9.17, 15) is 14.4 Å². The molecule has 0 bridgehead atoms. The number of ether oxygens (including phenoxy) is 1. The van der Waals surface area contributed by atoms with Gasteiger partial charge in [0, 0.05) is 12.1 Å². The van der Waals surface area contributed by atoms with Crippen LogP contribution in [0.15, 0.2) is 39.5 Å². The minimum atomic E-state index is -0.831. The Kier molecular flexibility index (Phi) is 4.14. The lowest BCUT2D eigenvalue weighted by atomic mass is 10.2. The molecule has 1 fully saturated rings. The molecule has 3 rings (SSSR count). The van der Waals surface area contributed by atoms with Gasteiger partial charge in [-0.15, -0.1) is 0 Å². The van der Waals surface area contributed by atoms with E-state index in [0.29, 0.717) is 16.9 Å². The summed E-state index contributed by atoms with van der Waals surface area (Å²) in [4.78, 5) is 35.6. The van der Waals surface area contributed by atoms with Gasteiger partial charge in [-0.2, -0.15) is 0 Å². The molecule has 0 radical (unpaired) electrons. The molecular formula is C17H17NO5. The molecule has 1 saturated carbocycles. The summed E-state index contributed by atoms with van der Waals surface area (Å²) in [5.74, 6) is -0.882. The molecule has 1 aromatic heterocycles. The summed E-state index contributed by atoms with van der Waals surface area (Å²) in [5, 5.41) is 3.17. The third kappa shape index (κ3) is 3.59. The van der Waals surface area contributed by atoms with E-state index in [0.717, 1.165) is 18.9 Å². The van der Waals surface area contributed by atoms with E-state index in [1.165, 1.54) is 0 Å². The highest BCUT2D eigenvalue weighted by Crippen LogP contribution is 2.32.